The Hall–Kier alpha value is -1.77. The minimum absolute atomic E-state index is 0.0525. The predicted octanol–water partition coefficient (Wildman–Crippen LogP) is 7.49. The number of carbonyl (C=O) groups is 1. The highest BCUT2D eigenvalue weighted by Crippen LogP contribution is 2.44. The molecule has 210 valence electrons. The lowest BCUT2D eigenvalue weighted by Crippen LogP contribution is -2.37. The number of hydrogen-bond donors (Lipinski definition) is 2. The fraction of sp³-hybridized carbons (Fsp3) is 0.516. The third kappa shape index (κ3) is 10.1. The van der Waals surface area contributed by atoms with Crippen LogP contribution < -0.4 is 5.32 Å². The van der Waals surface area contributed by atoms with Crippen molar-refractivity contribution in [3.05, 3.63) is 78.4 Å². The van der Waals surface area contributed by atoms with Gasteiger partial charge in [-0.05, 0) is 56.7 Å². The molecule has 2 N–H and O–H groups in total. The minimum atomic E-state index is -0.312. The van der Waals surface area contributed by atoms with Crippen LogP contribution in [-0.2, 0) is 27.2 Å². The topological polar surface area (TPSA) is 67.8 Å². The predicted molar refractivity (Wildman–Crippen MR) is 161 cm³/mol. The molecule has 0 atom stereocenters. The van der Waals surface area contributed by atoms with Crippen LogP contribution in [0.2, 0.25) is 0 Å². The Morgan fingerprint density at radius 3 is 2.32 bits per heavy atom. The molecule has 1 aliphatic heterocycles. The van der Waals surface area contributed by atoms with Crippen LogP contribution in [0.5, 0.6) is 0 Å². The number of carbonyl (C=O) groups excluding carboxylic acids is 1. The van der Waals surface area contributed by atoms with Crippen LogP contribution in [0.1, 0.15) is 76.4 Å². The van der Waals surface area contributed by atoms with Crippen LogP contribution in [0.25, 0.3) is 0 Å². The van der Waals surface area contributed by atoms with Crippen molar-refractivity contribution in [3.8, 4) is 0 Å². The van der Waals surface area contributed by atoms with E-state index in [-0.39, 0.29) is 29.0 Å². The van der Waals surface area contributed by atoms with Crippen molar-refractivity contribution in [3.63, 3.8) is 0 Å². The molecule has 1 saturated heterocycles. The molecule has 38 heavy (non-hydrogen) atoms. The highest BCUT2D eigenvalue weighted by Gasteiger charge is 2.34. The van der Waals surface area contributed by atoms with Crippen LogP contribution >= 0.6 is 21.6 Å². The van der Waals surface area contributed by atoms with Gasteiger partial charge in [0.2, 0.25) is 5.91 Å². The van der Waals surface area contributed by atoms with Crippen molar-refractivity contribution < 1.29 is 19.4 Å². The van der Waals surface area contributed by atoms with Gasteiger partial charge in [0.15, 0.2) is 6.29 Å². The average Bonchev–Trinajstić information content (AvgIpc) is 2.96. The Labute approximate surface area is 237 Å². The summed E-state index contributed by atoms with van der Waals surface area (Å²) in [5, 5.41) is 12.3. The summed E-state index contributed by atoms with van der Waals surface area (Å²) in [7, 11) is 3.50. The normalized spacial score (nSPS) is 15.4. The summed E-state index contributed by atoms with van der Waals surface area (Å²) in [6, 6.07) is 16.3. The second-order valence-electron chi connectivity index (χ2n) is 10.2. The lowest BCUT2D eigenvalue weighted by Gasteiger charge is -2.39. The first-order chi connectivity index (χ1) is 18.3. The maximum Gasteiger partial charge on any atom is 0.220 e. The maximum atomic E-state index is 12.5. The molecule has 1 fully saturated rings. The molecule has 2 aromatic carbocycles. The lowest BCUT2D eigenvalue weighted by atomic mass is 9.83. The second kappa shape index (κ2) is 16.4. The van der Waals surface area contributed by atoms with Gasteiger partial charge in [-0.2, -0.15) is 0 Å². The molecule has 1 heterocycles. The SMILES string of the molecule is C=C.CCC1(CC)COC(c2ccc(CNC(=O)CCC(C)(C)SSc3ccccc3CCO)cc2)OC1. The first-order valence-corrected chi connectivity index (χ1v) is 15.6. The number of nitrogens with one attached hydrogen (secondary N) is 1. The van der Waals surface area contributed by atoms with Crippen LogP contribution in [0.4, 0.5) is 0 Å². The van der Waals surface area contributed by atoms with E-state index >= 15 is 0 Å². The minimum Gasteiger partial charge on any atom is -0.396 e. The quantitative estimate of drug-likeness (QED) is 0.196. The monoisotopic (exact) mass is 559 g/mol. The Morgan fingerprint density at radius 2 is 1.71 bits per heavy atom. The van der Waals surface area contributed by atoms with Crippen LogP contribution in [0.15, 0.2) is 66.6 Å². The van der Waals surface area contributed by atoms with Crippen molar-refractivity contribution in [2.45, 2.75) is 82.3 Å². The zero-order valence-corrected chi connectivity index (χ0v) is 25.1. The van der Waals surface area contributed by atoms with Gasteiger partial charge in [-0.3, -0.25) is 4.79 Å². The van der Waals surface area contributed by atoms with Crippen LogP contribution in [-0.4, -0.2) is 35.6 Å². The Kier molecular flexibility index (Phi) is 14.0. The van der Waals surface area contributed by atoms with Crippen molar-refractivity contribution in [2.24, 2.45) is 5.41 Å². The van der Waals surface area contributed by atoms with Crippen LogP contribution in [0.3, 0.4) is 0 Å². The van der Waals surface area contributed by atoms with Gasteiger partial charge in [0.1, 0.15) is 0 Å². The fourth-order valence-electron chi connectivity index (χ4n) is 4.05. The van der Waals surface area contributed by atoms with Gasteiger partial charge in [-0.25, -0.2) is 0 Å². The summed E-state index contributed by atoms with van der Waals surface area (Å²) in [5.74, 6) is 0.0628. The second-order valence-corrected chi connectivity index (χ2v) is 13.1. The Bertz CT molecular complexity index is 966. The molecule has 5 nitrogen and oxygen atoms in total. The van der Waals surface area contributed by atoms with E-state index in [9.17, 15) is 9.90 Å². The number of benzene rings is 2. The molecular formula is C31H45NO4S2. The third-order valence-electron chi connectivity index (χ3n) is 6.99. The third-order valence-corrected chi connectivity index (χ3v) is 10.4. The molecule has 0 aromatic heterocycles. The van der Waals surface area contributed by atoms with E-state index < -0.39 is 0 Å². The number of ether oxygens (including phenoxy) is 2. The van der Waals surface area contributed by atoms with E-state index in [0.29, 0.717) is 19.4 Å². The molecule has 0 bridgehead atoms. The Balaban J connectivity index is 0.00000247. The van der Waals surface area contributed by atoms with E-state index in [1.165, 1.54) is 4.90 Å². The smallest absolute Gasteiger partial charge is 0.220 e. The summed E-state index contributed by atoms with van der Waals surface area (Å²) < 4.78 is 12.0. The summed E-state index contributed by atoms with van der Waals surface area (Å²) in [5.41, 5.74) is 3.37. The molecule has 0 unspecified atom stereocenters. The molecule has 2 aromatic rings. The number of aliphatic hydroxyl groups excluding tert-OH is 1. The molecule has 1 aliphatic rings. The first kappa shape index (κ1) is 32.4. The molecular weight excluding hydrogens is 514 g/mol. The van der Waals surface area contributed by atoms with Crippen molar-refractivity contribution in [1.82, 2.24) is 5.32 Å². The van der Waals surface area contributed by atoms with Crippen molar-refractivity contribution >= 4 is 27.5 Å². The van der Waals surface area contributed by atoms with Crippen LogP contribution in [0, 0.1) is 5.41 Å². The molecule has 3 rings (SSSR count). The molecule has 0 spiro atoms. The highest BCUT2D eigenvalue weighted by atomic mass is 33.1. The van der Waals surface area contributed by atoms with Gasteiger partial charge >= 0.3 is 0 Å². The van der Waals surface area contributed by atoms with Gasteiger partial charge in [-0.15, -0.1) is 13.2 Å². The molecule has 0 radical (unpaired) electrons. The number of amides is 1. The molecule has 0 saturated carbocycles. The van der Waals surface area contributed by atoms with E-state index in [1.807, 2.05) is 36.4 Å². The first-order valence-electron chi connectivity index (χ1n) is 13.4. The van der Waals surface area contributed by atoms with E-state index in [1.54, 1.807) is 21.6 Å². The highest BCUT2D eigenvalue weighted by molar-refractivity contribution is 8.77. The van der Waals surface area contributed by atoms with Gasteiger partial charge in [0, 0.05) is 40.2 Å². The largest absolute Gasteiger partial charge is 0.396 e. The number of rotatable bonds is 13. The fourth-order valence-corrected chi connectivity index (χ4v) is 6.65. The van der Waals surface area contributed by atoms with E-state index in [4.69, 9.17) is 9.47 Å². The maximum absolute atomic E-state index is 12.5. The van der Waals surface area contributed by atoms with E-state index in [0.717, 1.165) is 49.2 Å². The zero-order chi connectivity index (χ0) is 28.0. The number of hydrogen-bond acceptors (Lipinski definition) is 6. The average molecular weight is 560 g/mol. The van der Waals surface area contributed by atoms with Gasteiger partial charge in [-0.1, -0.05) is 77.9 Å². The summed E-state index contributed by atoms with van der Waals surface area (Å²) in [4.78, 5) is 13.7. The molecule has 7 heteroatoms. The van der Waals surface area contributed by atoms with Gasteiger partial charge in [0.05, 0.1) is 13.2 Å². The van der Waals surface area contributed by atoms with Gasteiger partial charge < -0.3 is 19.9 Å². The van der Waals surface area contributed by atoms with Crippen molar-refractivity contribution in [1.29, 1.82) is 0 Å². The summed E-state index contributed by atoms with van der Waals surface area (Å²) in [6.07, 6.45) is 3.73. The molecule has 1 amide bonds. The Morgan fingerprint density at radius 1 is 1.08 bits per heavy atom. The van der Waals surface area contributed by atoms with Crippen molar-refractivity contribution in [2.75, 3.05) is 19.8 Å². The summed E-state index contributed by atoms with van der Waals surface area (Å²) >= 11 is 0. The zero-order valence-electron chi connectivity index (χ0n) is 23.5. The molecule has 0 aliphatic carbocycles. The number of aliphatic hydroxyl groups is 1. The van der Waals surface area contributed by atoms with E-state index in [2.05, 4.69) is 58.3 Å². The standard InChI is InChI=1S/C29H41NO4S2.C2H4/c1-5-29(6-2)20-33-27(34-21-29)24-13-11-22(12-14-24)19-30-26(32)15-17-28(3,4)36-35-25-10-8-7-9-23(25)16-18-31;1-2/h7-14,27,31H,5-6,15-21H2,1-4H3,(H,30,32);1-2H2. The lowest BCUT2D eigenvalue weighted by molar-refractivity contribution is -0.235. The van der Waals surface area contributed by atoms with Gasteiger partial charge in [0.25, 0.3) is 0 Å². The summed E-state index contributed by atoms with van der Waals surface area (Å²) in [6.45, 7) is 16.8.